The number of pyridine rings is 3. The van der Waals surface area contributed by atoms with E-state index in [0.717, 1.165) is 11.6 Å². The summed E-state index contributed by atoms with van der Waals surface area (Å²) in [4.78, 5) is 26.6. The van der Waals surface area contributed by atoms with E-state index in [1.807, 2.05) is 6.92 Å². The van der Waals surface area contributed by atoms with E-state index in [9.17, 15) is 14.3 Å². The number of carbonyl (C=O) groups excluding carboxylic acids is 1. The van der Waals surface area contributed by atoms with Gasteiger partial charge in [0.05, 0.1) is 24.9 Å². The van der Waals surface area contributed by atoms with Crippen LogP contribution in [-0.2, 0) is 11.3 Å². The van der Waals surface area contributed by atoms with Crippen molar-refractivity contribution in [3.05, 3.63) is 94.9 Å². The molecule has 3 aromatic heterocycles. The van der Waals surface area contributed by atoms with Gasteiger partial charge in [0, 0.05) is 47.9 Å². The first-order valence-corrected chi connectivity index (χ1v) is 12.8. The van der Waals surface area contributed by atoms with Crippen molar-refractivity contribution in [1.82, 2.24) is 15.0 Å². The zero-order valence-electron chi connectivity index (χ0n) is 23.2. The fraction of sp³-hybridized carbons (Fsp3) is 0.161. The molecule has 5 aromatic rings. The average molecular weight is 573 g/mol. The first kappa shape index (κ1) is 28.4. The number of carbonyl (C=O) groups is 1. The SMILES string of the molecule is COCc1nc(C)c(-c2ccc(F)cc2)c(O)c1C(=O)Nc1ccc(Oc2ccnc3cc(C)c(OC)nc23)c(F)c1. The van der Waals surface area contributed by atoms with Crippen LogP contribution in [0.1, 0.15) is 27.3 Å². The number of halogens is 2. The van der Waals surface area contributed by atoms with Gasteiger partial charge in [-0.05, 0) is 49.7 Å². The summed E-state index contributed by atoms with van der Waals surface area (Å²) >= 11 is 0. The predicted octanol–water partition coefficient (Wildman–Crippen LogP) is 6.49. The lowest BCUT2D eigenvalue weighted by molar-refractivity contribution is 0.101. The van der Waals surface area contributed by atoms with Crippen LogP contribution in [0.4, 0.5) is 14.5 Å². The lowest BCUT2D eigenvalue weighted by Gasteiger charge is -2.17. The minimum atomic E-state index is -0.757. The molecule has 0 spiro atoms. The normalized spacial score (nSPS) is 11.0. The van der Waals surface area contributed by atoms with Crippen LogP contribution in [0.25, 0.3) is 22.2 Å². The summed E-state index contributed by atoms with van der Waals surface area (Å²) in [5.74, 6) is -1.76. The van der Waals surface area contributed by atoms with Crippen LogP contribution in [0, 0.1) is 25.5 Å². The van der Waals surface area contributed by atoms with Gasteiger partial charge in [-0.25, -0.2) is 13.8 Å². The van der Waals surface area contributed by atoms with Gasteiger partial charge in [0.25, 0.3) is 5.91 Å². The maximum Gasteiger partial charge on any atom is 0.261 e. The number of amides is 1. The van der Waals surface area contributed by atoms with E-state index in [1.165, 1.54) is 56.8 Å². The maximum absolute atomic E-state index is 15.2. The molecule has 0 aliphatic carbocycles. The van der Waals surface area contributed by atoms with Crippen LogP contribution in [0.3, 0.4) is 0 Å². The van der Waals surface area contributed by atoms with Crippen molar-refractivity contribution >= 4 is 22.6 Å². The molecule has 9 nitrogen and oxygen atoms in total. The molecule has 11 heteroatoms. The molecule has 0 unspecified atom stereocenters. The molecule has 0 bridgehead atoms. The zero-order chi connectivity index (χ0) is 30.0. The molecule has 42 heavy (non-hydrogen) atoms. The number of nitrogens with one attached hydrogen (secondary N) is 1. The third kappa shape index (κ3) is 5.54. The highest BCUT2D eigenvalue weighted by molar-refractivity contribution is 6.08. The molecule has 0 saturated heterocycles. The molecule has 0 fully saturated rings. The molecule has 5 rings (SSSR count). The first-order valence-electron chi connectivity index (χ1n) is 12.8. The third-order valence-electron chi connectivity index (χ3n) is 6.49. The third-order valence-corrected chi connectivity index (χ3v) is 6.49. The van der Waals surface area contributed by atoms with Crippen molar-refractivity contribution in [2.75, 3.05) is 19.5 Å². The fourth-order valence-electron chi connectivity index (χ4n) is 4.58. The topological polar surface area (TPSA) is 116 Å². The second-order valence-corrected chi connectivity index (χ2v) is 9.38. The number of aromatic nitrogens is 3. The van der Waals surface area contributed by atoms with Crippen LogP contribution in [0.15, 0.2) is 60.8 Å². The van der Waals surface area contributed by atoms with E-state index < -0.39 is 17.5 Å². The highest BCUT2D eigenvalue weighted by Gasteiger charge is 2.24. The van der Waals surface area contributed by atoms with E-state index in [-0.39, 0.29) is 46.4 Å². The van der Waals surface area contributed by atoms with E-state index >= 15 is 4.39 Å². The Morgan fingerprint density at radius 1 is 0.976 bits per heavy atom. The van der Waals surface area contributed by atoms with Crippen molar-refractivity contribution in [2.45, 2.75) is 20.5 Å². The Bertz CT molecular complexity index is 1810. The number of ether oxygens (including phenoxy) is 3. The van der Waals surface area contributed by atoms with E-state index in [2.05, 4.69) is 20.3 Å². The summed E-state index contributed by atoms with van der Waals surface area (Å²) in [7, 11) is 2.93. The predicted molar refractivity (Wildman–Crippen MR) is 152 cm³/mol. The molecule has 1 amide bonds. The largest absolute Gasteiger partial charge is 0.506 e. The highest BCUT2D eigenvalue weighted by atomic mass is 19.1. The quantitative estimate of drug-likeness (QED) is 0.217. The number of fused-ring (bicyclic) bond motifs is 1. The summed E-state index contributed by atoms with van der Waals surface area (Å²) in [6.07, 6.45) is 1.53. The number of methoxy groups -OCH3 is 2. The van der Waals surface area contributed by atoms with Crippen LogP contribution >= 0.6 is 0 Å². The standard InChI is InChI=1S/C31H26F2N4O5/c1-16-13-22-28(37-31(16)41-4)25(11-12-34-22)42-24-10-9-20(14-21(24)33)36-30(39)27-23(15-40-3)35-17(2)26(29(27)38)18-5-7-19(32)8-6-18/h5-14H,15H2,1-4H3,(H,35,38)(H,36,39). The Morgan fingerprint density at radius 3 is 2.43 bits per heavy atom. The Kier molecular flexibility index (Phi) is 7.94. The van der Waals surface area contributed by atoms with Crippen molar-refractivity contribution in [2.24, 2.45) is 0 Å². The first-order chi connectivity index (χ1) is 20.2. The van der Waals surface area contributed by atoms with Crippen molar-refractivity contribution < 1.29 is 32.9 Å². The van der Waals surface area contributed by atoms with Gasteiger partial charge in [-0.2, -0.15) is 0 Å². The molecule has 2 N–H and O–H groups in total. The lowest BCUT2D eigenvalue weighted by atomic mass is 9.98. The molecule has 214 valence electrons. The number of hydrogen-bond acceptors (Lipinski definition) is 8. The molecular weight excluding hydrogens is 546 g/mol. The summed E-state index contributed by atoms with van der Waals surface area (Å²) in [6, 6.07) is 12.7. The molecule has 0 atom stereocenters. The Balaban J connectivity index is 1.45. The Hall–Kier alpha value is -5.16. The van der Waals surface area contributed by atoms with E-state index in [1.54, 1.807) is 19.1 Å². The number of rotatable bonds is 8. The fourth-order valence-corrected chi connectivity index (χ4v) is 4.58. The number of hydrogen-bond donors (Lipinski definition) is 2. The van der Waals surface area contributed by atoms with Crippen LogP contribution in [-0.4, -0.2) is 40.2 Å². The second kappa shape index (κ2) is 11.8. The van der Waals surface area contributed by atoms with E-state index in [0.29, 0.717) is 28.2 Å². The zero-order valence-corrected chi connectivity index (χ0v) is 23.2. The van der Waals surface area contributed by atoms with Gasteiger partial charge >= 0.3 is 0 Å². The summed E-state index contributed by atoms with van der Waals surface area (Å²) < 4.78 is 45.0. The van der Waals surface area contributed by atoms with Crippen LogP contribution in [0.2, 0.25) is 0 Å². The highest BCUT2D eigenvalue weighted by Crippen LogP contribution is 2.37. The summed E-state index contributed by atoms with van der Waals surface area (Å²) in [5.41, 5.74) is 3.01. The smallest absolute Gasteiger partial charge is 0.261 e. The van der Waals surface area contributed by atoms with E-state index in [4.69, 9.17) is 14.2 Å². The van der Waals surface area contributed by atoms with Crippen molar-refractivity contribution in [1.29, 1.82) is 0 Å². The Labute approximate surface area is 239 Å². The average Bonchev–Trinajstić information content (AvgIpc) is 2.95. The van der Waals surface area contributed by atoms with Gasteiger partial charge in [0.1, 0.15) is 22.6 Å². The van der Waals surface area contributed by atoms with Gasteiger partial charge in [-0.3, -0.25) is 14.8 Å². The number of aromatic hydroxyl groups is 1. The minimum absolute atomic E-state index is 0.0692. The number of aryl methyl sites for hydroxylation is 2. The molecule has 0 aliphatic rings. The van der Waals surface area contributed by atoms with Gasteiger partial charge < -0.3 is 24.6 Å². The summed E-state index contributed by atoms with van der Waals surface area (Å²) in [5, 5.41) is 13.8. The molecule has 0 aliphatic heterocycles. The van der Waals surface area contributed by atoms with Crippen molar-refractivity contribution in [3.8, 4) is 34.3 Å². The molecule has 0 radical (unpaired) electrons. The Morgan fingerprint density at radius 2 is 1.74 bits per heavy atom. The number of nitrogens with zero attached hydrogens (tertiary/aromatic N) is 3. The monoisotopic (exact) mass is 572 g/mol. The van der Waals surface area contributed by atoms with Gasteiger partial charge in [-0.15, -0.1) is 0 Å². The molecular formula is C31H26F2N4O5. The maximum atomic E-state index is 15.2. The minimum Gasteiger partial charge on any atom is -0.506 e. The molecule has 3 heterocycles. The summed E-state index contributed by atoms with van der Waals surface area (Å²) in [6.45, 7) is 3.42. The number of benzene rings is 2. The number of anilines is 1. The van der Waals surface area contributed by atoms with Gasteiger partial charge in [-0.1, -0.05) is 12.1 Å². The van der Waals surface area contributed by atoms with Gasteiger partial charge in [0.2, 0.25) is 5.88 Å². The van der Waals surface area contributed by atoms with Crippen LogP contribution < -0.4 is 14.8 Å². The van der Waals surface area contributed by atoms with Gasteiger partial charge in [0.15, 0.2) is 17.3 Å². The molecule has 0 saturated carbocycles. The molecule has 2 aromatic carbocycles. The lowest BCUT2D eigenvalue weighted by Crippen LogP contribution is -2.17. The second-order valence-electron chi connectivity index (χ2n) is 9.38. The van der Waals surface area contributed by atoms with Crippen molar-refractivity contribution in [3.63, 3.8) is 0 Å². The van der Waals surface area contributed by atoms with Crippen LogP contribution in [0.5, 0.6) is 23.1 Å².